The predicted octanol–water partition coefficient (Wildman–Crippen LogP) is 3.87. The molecule has 1 aromatic carbocycles. The summed E-state index contributed by atoms with van der Waals surface area (Å²) in [5.41, 5.74) is 2.08. The van der Waals surface area contributed by atoms with Gasteiger partial charge in [-0.3, -0.25) is 4.79 Å². The maximum Gasteiger partial charge on any atom is 0.234 e. The highest BCUT2D eigenvalue weighted by molar-refractivity contribution is 7.99. The molecule has 146 valence electrons. The first-order chi connectivity index (χ1) is 13.1. The zero-order valence-corrected chi connectivity index (χ0v) is 17.1. The van der Waals surface area contributed by atoms with E-state index in [1.54, 1.807) is 0 Å². The molecule has 0 saturated carbocycles. The number of nitrogens with zero attached hydrogens (tertiary/aromatic N) is 3. The third-order valence-electron chi connectivity index (χ3n) is 4.71. The molecule has 7 heteroatoms. The van der Waals surface area contributed by atoms with Crippen LogP contribution in [0.3, 0.4) is 0 Å². The fraction of sp³-hybridized carbons (Fsp3) is 0.550. The number of nitrogens with one attached hydrogen (secondary N) is 1. The van der Waals surface area contributed by atoms with Crippen LogP contribution in [0.4, 0.5) is 5.69 Å². The highest BCUT2D eigenvalue weighted by Crippen LogP contribution is 2.22. The predicted molar refractivity (Wildman–Crippen MR) is 108 cm³/mol. The van der Waals surface area contributed by atoms with Crippen molar-refractivity contribution < 1.29 is 9.53 Å². The summed E-state index contributed by atoms with van der Waals surface area (Å²) in [6.45, 7) is 7.96. The molecule has 0 aliphatic carbocycles. The largest absolute Gasteiger partial charge is 0.376 e. The summed E-state index contributed by atoms with van der Waals surface area (Å²) in [4.78, 5) is 12.3. The van der Waals surface area contributed by atoms with Crippen molar-refractivity contribution in [2.75, 3.05) is 17.7 Å². The topological polar surface area (TPSA) is 69.0 Å². The number of thioether (sulfide) groups is 1. The lowest BCUT2D eigenvalue weighted by Crippen LogP contribution is -2.19. The molecule has 0 spiro atoms. The van der Waals surface area contributed by atoms with Crippen molar-refractivity contribution in [3.05, 3.63) is 35.7 Å². The first-order valence-electron chi connectivity index (χ1n) is 9.63. The Hall–Kier alpha value is -1.86. The normalized spacial score (nSPS) is 16.8. The summed E-state index contributed by atoms with van der Waals surface area (Å²) in [6.07, 6.45) is 3.21. The number of rotatable bonds is 8. The minimum Gasteiger partial charge on any atom is -0.376 e. The average molecular weight is 389 g/mol. The van der Waals surface area contributed by atoms with Crippen LogP contribution in [0.5, 0.6) is 0 Å². The maximum absolute atomic E-state index is 12.3. The Morgan fingerprint density at radius 3 is 2.74 bits per heavy atom. The molecule has 1 atom stereocenters. The molecule has 1 amide bonds. The fourth-order valence-corrected chi connectivity index (χ4v) is 3.91. The summed E-state index contributed by atoms with van der Waals surface area (Å²) in [5, 5.41) is 12.3. The molecule has 2 heterocycles. The van der Waals surface area contributed by atoms with Gasteiger partial charge >= 0.3 is 0 Å². The Morgan fingerprint density at radius 1 is 1.33 bits per heavy atom. The summed E-state index contributed by atoms with van der Waals surface area (Å²) in [6, 6.07) is 8.01. The van der Waals surface area contributed by atoms with Crippen LogP contribution in [-0.2, 0) is 22.5 Å². The molecule has 1 N–H and O–H groups in total. The van der Waals surface area contributed by atoms with Crippen LogP contribution in [0.15, 0.2) is 29.4 Å². The lowest BCUT2D eigenvalue weighted by molar-refractivity contribution is -0.113. The Bertz CT molecular complexity index is 752. The first-order valence-corrected chi connectivity index (χ1v) is 10.6. The number of ether oxygens (including phenoxy) is 1. The number of carbonyl (C=O) groups excluding carboxylic acids is 1. The van der Waals surface area contributed by atoms with Gasteiger partial charge in [0, 0.05) is 18.7 Å². The van der Waals surface area contributed by atoms with Gasteiger partial charge in [0.25, 0.3) is 0 Å². The van der Waals surface area contributed by atoms with E-state index in [9.17, 15) is 4.79 Å². The Kier molecular flexibility index (Phi) is 6.90. The Morgan fingerprint density at radius 2 is 2.11 bits per heavy atom. The van der Waals surface area contributed by atoms with E-state index in [1.807, 2.05) is 12.1 Å². The molecule has 1 saturated heterocycles. The third-order valence-corrected chi connectivity index (χ3v) is 5.68. The zero-order chi connectivity index (χ0) is 19.2. The van der Waals surface area contributed by atoms with Gasteiger partial charge in [-0.1, -0.05) is 44.7 Å². The molecule has 27 heavy (non-hydrogen) atoms. The third kappa shape index (κ3) is 5.32. The molecule has 2 aromatic rings. The molecule has 6 nitrogen and oxygen atoms in total. The van der Waals surface area contributed by atoms with Gasteiger partial charge in [-0.05, 0) is 36.5 Å². The monoisotopic (exact) mass is 388 g/mol. The van der Waals surface area contributed by atoms with Gasteiger partial charge in [0.2, 0.25) is 5.91 Å². The Labute approximate surface area is 165 Å². The SMILES string of the molecule is CCc1nnc(SCC(=O)Nc2ccc(C(C)C)cc2)n1CC1CCCO1. The summed E-state index contributed by atoms with van der Waals surface area (Å²) in [7, 11) is 0. The standard InChI is InChI=1S/C20H28N4O2S/c1-4-18-22-23-20(24(18)12-17-6-5-11-26-17)27-13-19(25)21-16-9-7-15(8-10-16)14(2)3/h7-10,14,17H,4-6,11-13H2,1-3H3,(H,21,25). The van der Waals surface area contributed by atoms with Crippen molar-refractivity contribution in [1.82, 2.24) is 14.8 Å². The summed E-state index contributed by atoms with van der Waals surface area (Å²) < 4.78 is 7.85. The average Bonchev–Trinajstić information content (AvgIpc) is 3.30. The summed E-state index contributed by atoms with van der Waals surface area (Å²) >= 11 is 1.42. The van der Waals surface area contributed by atoms with Crippen LogP contribution < -0.4 is 5.32 Å². The van der Waals surface area contributed by atoms with E-state index < -0.39 is 0 Å². The van der Waals surface area contributed by atoms with Crippen LogP contribution >= 0.6 is 11.8 Å². The van der Waals surface area contributed by atoms with E-state index in [0.29, 0.717) is 11.7 Å². The smallest absolute Gasteiger partial charge is 0.234 e. The summed E-state index contributed by atoms with van der Waals surface area (Å²) in [5.74, 6) is 1.69. The second-order valence-corrected chi connectivity index (χ2v) is 8.05. The highest BCUT2D eigenvalue weighted by Gasteiger charge is 2.21. The van der Waals surface area contributed by atoms with E-state index in [-0.39, 0.29) is 12.0 Å². The second kappa shape index (κ2) is 9.37. The molecule has 1 aliphatic rings. The number of anilines is 1. The van der Waals surface area contributed by atoms with Crippen LogP contribution in [-0.4, -0.2) is 39.1 Å². The van der Waals surface area contributed by atoms with Crippen LogP contribution in [0.25, 0.3) is 0 Å². The molecule has 3 rings (SSSR count). The van der Waals surface area contributed by atoms with Gasteiger partial charge in [-0.15, -0.1) is 10.2 Å². The molecule has 1 unspecified atom stereocenters. The van der Waals surface area contributed by atoms with Crippen molar-refractivity contribution in [1.29, 1.82) is 0 Å². The molecule has 1 aromatic heterocycles. The van der Waals surface area contributed by atoms with Gasteiger partial charge < -0.3 is 14.6 Å². The number of hydrogen-bond donors (Lipinski definition) is 1. The van der Waals surface area contributed by atoms with Crippen molar-refractivity contribution in [2.24, 2.45) is 0 Å². The molecule has 1 fully saturated rings. The van der Waals surface area contributed by atoms with E-state index >= 15 is 0 Å². The van der Waals surface area contributed by atoms with Crippen LogP contribution in [0.1, 0.15) is 50.9 Å². The van der Waals surface area contributed by atoms with Crippen LogP contribution in [0.2, 0.25) is 0 Å². The number of aromatic nitrogens is 3. The van der Waals surface area contributed by atoms with Crippen molar-refractivity contribution in [2.45, 2.75) is 63.8 Å². The lowest BCUT2D eigenvalue weighted by atomic mass is 10.0. The molecule has 1 aliphatic heterocycles. The van der Waals surface area contributed by atoms with E-state index in [2.05, 4.69) is 53.0 Å². The maximum atomic E-state index is 12.3. The van der Waals surface area contributed by atoms with Gasteiger partial charge in [0.15, 0.2) is 5.16 Å². The van der Waals surface area contributed by atoms with Crippen molar-refractivity contribution in [3.8, 4) is 0 Å². The minimum absolute atomic E-state index is 0.0398. The minimum atomic E-state index is -0.0398. The van der Waals surface area contributed by atoms with Gasteiger partial charge in [-0.2, -0.15) is 0 Å². The van der Waals surface area contributed by atoms with Gasteiger partial charge in [0.1, 0.15) is 5.82 Å². The highest BCUT2D eigenvalue weighted by atomic mass is 32.2. The molecule has 0 bridgehead atoms. The first kappa shape index (κ1) is 19.9. The molecule has 0 radical (unpaired) electrons. The van der Waals surface area contributed by atoms with Crippen molar-refractivity contribution >= 4 is 23.4 Å². The molecular weight excluding hydrogens is 360 g/mol. The number of aryl methyl sites for hydroxylation is 1. The van der Waals surface area contributed by atoms with Crippen molar-refractivity contribution in [3.63, 3.8) is 0 Å². The number of carbonyl (C=O) groups is 1. The van der Waals surface area contributed by atoms with Gasteiger partial charge in [0.05, 0.1) is 18.4 Å². The number of amides is 1. The quantitative estimate of drug-likeness (QED) is 0.695. The lowest BCUT2D eigenvalue weighted by Gasteiger charge is -2.14. The zero-order valence-electron chi connectivity index (χ0n) is 16.3. The van der Waals surface area contributed by atoms with E-state index in [1.165, 1.54) is 17.3 Å². The number of benzene rings is 1. The van der Waals surface area contributed by atoms with Crippen LogP contribution in [0, 0.1) is 0 Å². The van der Waals surface area contributed by atoms with E-state index in [4.69, 9.17) is 4.74 Å². The second-order valence-electron chi connectivity index (χ2n) is 7.11. The molecular formula is C20H28N4O2S. The number of hydrogen-bond acceptors (Lipinski definition) is 5. The van der Waals surface area contributed by atoms with Gasteiger partial charge in [-0.25, -0.2) is 0 Å². The van der Waals surface area contributed by atoms with E-state index in [0.717, 1.165) is 49.1 Å². The Balaban J connectivity index is 1.57. The fourth-order valence-electron chi connectivity index (χ4n) is 3.14.